The zero-order chi connectivity index (χ0) is 22.0. The molecular weight excluding hydrogens is 402 g/mol. The summed E-state index contributed by atoms with van der Waals surface area (Å²) in [6, 6.07) is 10.4. The smallest absolute Gasteiger partial charge is 0.251 e. The van der Waals surface area contributed by atoms with E-state index < -0.39 is 0 Å². The first-order valence-electron chi connectivity index (χ1n) is 12.3. The molecule has 3 heterocycles. The van der Waals surface area contributed by atoms with E-state index in [-0.39, 0.29) is 23.3 Å². The molecule has 1 aliphatic carbocycles. The van der Waals surface area contributed by atoms with Gasteiger partial charge in [0.2, 0.25) is 5.91 Å². The van der Waals surface area contributed by atoms with Crippen LogP contribution < -0.4 is 0 Å². The monoisotopic (exact) mass is 437 g/mol. The summed E-state index contributed by atoms with van der Waals surface area (Å²) < 4.78 is 5.57. The standard InChI is InChI=1S/C26H35N3O3/c30-24(29-17-15-27(16-18-29)12-4-8-21-6-2-1-3-7-21)22-20-26(22)10-13-28(14-11-26)25(31)23-9-5-19-32-23/h1-4,6-8,22-23H,5,9-20H2/b8-4+. The predicted molar refractivity (Wildman–Crippen MR) is 124 cm³/mol. The van der Waals surface area contributed by atoms with Gasteiger partial charge in [-0.2, -0.15) is 0 Å². The molecule has 0 bridgehead atoms. The molecule has 1 aromatic carbocycles. The second-order valence-electron chi connectivity index (χ2n) is 9.88. The van der Waals surface area contributed by atoms with Crippen LogP contribution in [0.4, 0.5) is 0 Å². The molecule has 4 aliphatic rings. The minimum absolute atomic E-state index is 0.153. The molecule has 2 unspecified atom stereocenters. The fraction of sp³-hybridized carbons (Fsp3) is 0.615. The molecule has 32 heavy (non-hydrogen) atoms. The minimum atomic E-state index is -0.223. The van der Waals surface area contributed by atoms with Crippen molar-refractivity contribution >= 4 is 17.9 Å². The van der Waals surface area contributed by atoms with Crippen molar-refractivity contribution < 1.29 is 14.3 Å². The number of rotatable bonds is 5. The van der Waals surface area contributed by atoms with E-state index in [9.17, 15) is 9.59 Å². The molecular formula is C26H35N3O3. The summed E-state index contributed by atoms with van der Waals surface area (Å²) in [5, 5.41) is 0. The number of piperazine rings is 1. The van der Waals surface area contributed by atoms with Crippen LogP contribution in [0.1, 0.15) is 37.7 Å². The summed E-state index contributed by atoms with van der Waals surface area (Å²) in [6.45, 7) is 6.74. The summed E-state index contributed by atoms with van der Waals surface area (Å²) in [4.78, 5) is 32.2. The Hall–Kier alpha value is -2.18. The van der Waals surface area contributed by atoms with Crippen LogP contribution in [0.25, 0.3) is 6.08 Å². The number of carbonyl (C=O) groups is 2. The van der Waals surface area contributed by atoms with E-state index >= 15 is 0 Å². The van der Waals surface area contributed by atoms with E-state index in [0.717, 1.165) is 77.9 Å². The highest BCUT2D eigenvalue weighted by Crippen LogP contribution is 2.60. The molecule has 6 heteroatoms. The Kier molecular flexibility index (Phi) is 6.33. The molecule has 172 valence electrons. The first-order chi connectivity index (χ1) is 15.6. The summed E-state index contributed by atoms with van der Waals surface area (Å²) in [6.07, 6.45) is 8.94. The van der Waals surface area contributed by atoms with Gasteiger partial charge in [0, 0.05) is 58.3 Å². The van der Waals surface area contributed by atoms with E-state index in [1.54, 1.807) is 0 Å². The number of ether oxygens (including phenoxy) is 1. The second-order valence-corrected chi connectivity index (χ2v) is 9.88. The van der Waals surface area contributed by atoms with Gasteiger partial charge in [-0.05, 0) is 43.1 Å². The summed E-state index contributed by atoms with van der Waals surface area (Å²) >= 11 is 0. The first kappa shape index (κ1) is 21.7. The molecule has 3 aliphatic heterocycles. The largest absolute Gasteiger partial charge is 0.368 e. The van der Waals surface area contributed by atoms with Gasteiger partial charge in [0.1, 0.15) is 6.10 Å². The molecule has 1 aromatic rings. The van der Waals surface area contributed by atoms with E-state index in [4.69, 9.17) is 4.74 Å². The molecule has 0 radical (unpaired) electrons. The third-order valence-corrected chi connectivity index (χ3v) is 7.92. The van der Waals surface area contributed by atoms with E-state index in [1.165, 1.54) is 5.56 Å². The van der Waals surface area contributed by atoms with Crippen molar-refractivity contribution in [1.29, 1.82) is 0 Å². The number of piperidine rings is 1. The molecule has 1 spiro atoms. The Morgan fingerprint density at radius 1 is 0.969 bits per heavy atom. The predicted octanol–water partition coefficient (Wildman–Crippen LogP) is 2.65. The fourth-order valence-electron chi connectivity index (χ4n) is 5.67. The van der Waals surface area contributed by atoms with Gasteiger partial charge in [0.25, 0.3) is 5.91 Å². The zero-order valence-corrected chi connectivity index (χ0v) is 19.0. The lowest BCUT2D eigenvalue weighted by Crippen LogP contribution is -2.50. The van der Waals surface area contributed by atoms with E-state index in [1.807, 2.05) is 11.0 Å². The van der Waals surface area contributed by atoms with Gasteiger partial charge < -0.3 is 14.5 Å². The van der Waals surface area contributed by atoms with Crippen LogP contribution in [0.5, 0.6) is 0 Å². The van der Waals surface area contributed by atoms with Crippen molar-refractivity contribution in [3.8, 4) is 0 Å². The Labute approximate surface area is 191 Å². The number of amides is 2. The van der Waals surface area contributed by atoms with Crippen molar-refractivity contribution in [3.63, 3.8) is 0 Å². The van der Waals surface area contributed by atoms with Gasteiger partial charge in [-0.15, -0.1) is 0 Å². The Morgan fingerprint density at radius 3 is 2.38 bits per heavy atom. The second kappa shape index (κ2) is 9.36. The Bertz CT molecular complexity index is 833. The molecule has 1 saturated carbocycles. The summed E-state index contributed by atoms with van der Waals surface area (Å²) in [5.74, 6) is 0.689. The maximum atomic E-state index is 13.2. The molecule has 0 N–H and O–H groups in total. The molecule has 2 atom stereocenters. The van der Waals surface area contributed by atoms with Crippen LogP contribution in [0, 0.1) is 11.3 Å². The number of nitrogens with zero attached hydrogens (tertiary/aromatic N) is 3. The lowest BCUT2D eigenvalue weighted by atomic mass is 9.90. The fourth-order valence-corrected chi connectivity index (χ4v) is 5.67. The lowest BCUT2D eigenvalue weighted by Gasteiger charge is -2.36. The van der Waals surface area contributed by atoms with Crippen molar-refractivity contribution in [3.05, 3.63) is 42.0 Å². The summed E-state index contributed by atoms with van der Waals surface area (Å²) in [5.41, 5.74) is 1.38. The topological polar surface area (TPSA) is 53.1 Å². The van der Waals surface area contributed by atoms with E-state index in [0.29, 0.717) is 12.5 Å². The molecule has 2 amide bonds. The summed E-state index contributed by atoms with van der Waals surface area (Å²) in [7, 11) is 0. The van der Waals surface area contributed by atoms with Crippen LogP contribution in [0.15, 0.2) is 36.4 Å². The number of likely N-dealkylation sites (tertiary alicyclic amines) is 1. The SMILES string of the molecule is O=C(C1CCCO1)N1CCC2(CC1)CC2C(=O)N1CCN(C/C=C/c2ccccc2)CC1. The maximum absolute atomic E-state index is 13.2. The molecule has 6 nitrogen and oxygen atoms in total. The average molecular weight is 438 g/mol. The van der Waals surface area contributed by atoms with Crippen molar-refractivity contribution in [2.75, 3.05) is 52.4 Å². The highest BCUT2D eigenvalue weighted by molar-refractivity contribution is 5.83. The average Bonchev–Trinajstić information content (AvgIpc) is 3.26. The zero-order valence-electron chi connectivity index (χ0n) is 19.0. The van der Waals surface area contributed by atoms with Gasteiger partial charge in [0.15, 0.2) is 0 Å². The highest BCUT2D eigenvalue weighted by Gasteiger charge is 2.59. The van der Waals surface area contributed by atoms with Crippen LogP contribution in [-0.4, -0.2) is 85.0 Å². The molecule has 4 fully saturated rings. The van der Waals surface area contributed by atoms with Gasteiger partial charge in [0.05, 0.1) is 0 Å². The number of carbonyl (C=O) groups excluding carboxylic acids is 2. The Balaban J connectivity index is 1.05. The van der Waals surface area contributed by atoms with Crippen molar-refractivity contribution in [1.82, 2.24) is 14.7 Å². The molecule has 0 aromatic heterocycles. The molecule has 5 rings (SSSR count). The van der Waals surface area contributed by atoms with Gasteiger partial charge in [-0.1, -0.05) is 42.5 Å². The maximum Gasteiger partial charge on any atom is 0.251 e. The van der Waals surface area contributed by atoms with Gasteiger partial charge >= 0.3 is 0 Å². The Morgan fingerprint density at radius 2 is 1.69 bits per heavy atom. The third-order valence-electron chi connectivity index (χ3n) is 7.92. The molecule has 3 saturated heterocycles. The van der Waals surface area contributed by atoms with Crippen LogP contribution >= 0.6 is 0 Å². The van der Waals surface area contributed by atoms with Crippen molar-refractivity contribution in [2.24, 2.45) is 11.3 Å². The van der Waals surface area contributed by atoms with Crippen LogP contribution in [0.2, 0.25) is 0 Å². The third kappa shape index (κ3) is 4.62. The van der Waals surface area contributed by atoms with Crippen LogP contribution in [-0.2, 0) is 14.3 Å². The number of benzene rings is 1. The van der Waals surface area contributed by atoms with Crippen molar-refractivity contribution in [2.45, 2.75) is 38.2 Å². The van der Waals surface area contributed by atoms with E-state index in [2.05, 4.69) is 46.2 Å². The minimum Gasteiger partial charge on any atom is -0.368 e. The van der Waals surface area contributed by atoms with Gasteiger partial charge in [-0.3, -0.25) is 14.5 Å². The highest BCUT2D eigenvalue weighted by atomic mass is 16.5. The van der Waals surface area contributed by atoms with Gasteiger partial charge in [-0.25, -0.2) is 0 Å². The van der Waals surface area contributed by atoms with Crippen LogP contribution in [0.3, 0.4) is 0 Å². The quantitative estimate of drug-likeness (QED) is 0.711. The normalized spacial score (nSPS) is 27.9. The number of hydrogen-bond acceptors (Lipinski definition) is 4. The number of hydrogen-bond donors (Lipinski definition) is 0. The lowest BCUT2D eigenvalue weighted by molar-refractivity contribution is -0.142. The first-order valence-corrected chi connectivity index (χ1v) is 12.3.